The predicted octanol–water partition coefficient (Wildman–Crippen LogP) is -0.757. The number of carbonyl (C=O) groups is 5. The van der Waals surface area contributed by atoms with Crippen LogP contribution < -0.4 is 33.2 Å². The van der Waals surface area contributed by atoms with E-state index in [9.17, 15) is 29.1 Å². The highest BCUT2D eigenvalue weighted by molar-refractivity contribution is 7.98. The Balaban J connectivity index is 2.97. The summed E-state index contributed by atoms with van der Waals surface area (Å²) < 4.78 is 0. The molecule has 1 aromatic carbocycles. The number of carboxylic acid groups (broad SMARTS) is 1. The Morgan fingerprint density at radius 3 is 2.00 bits per heavy atom. The monoisotopic (exact) mass is 552 g/mol. The Kier molecular flexibility index (Phi) is 15.7. The number of benzene rings is 1. The van der Waals surface area contributed by atoms with Crippen molar-refractivity contribution in [3.63, 3.8) is 0 Å². The van der Waals surface area contributed by atoms with Crippen molar-refractivity contribution in [3.05, 3.63) is 35.9 Å². The van der Waals surface area contributed by atoms with Crippen molar-refractivity contribution >= 4 is 41.4 Å². The van der Waals surface area contributed by atoms with E-state index >= 15 is 0 Å². The number of primary amides is 1. The maximum atomic E-state index is 13.2. The smallest absolute Gasteiger partial charge is 0.326 e. The molecule has 0 aliphatic heterocycles. The highest BCUT2D eigenvalue weighted by atomic mass is 32.2. The van der Waals surface area contributed by atoms with Gasteiger partial charge in [0.25, 0.3) is 0 Å². The SMILES string of the molecule is CSCCC(NC(=O)C(N)CCC(N)=O)C(=O)NC(CCCCN)C(=O)NC(Cc1ccccc1)C(=O)O. The van der Waals surface area contributed by atoms with Crippen LogP contribution in [0.5, 0.6) is 0 Å². The van der Waals surface area contributed by atoms with Crippen LogP contribution in [0.4, 0.5) is 0 Å². The molecule has 0 bridgehead atoms. The number of thioether (sulfide) groups is 1. The van der Waals surface area contributed by atoms with E-state index in [4.69, 9.17) is 17.2 Å². The number of rotatable bonds is 19. The van der Waals surface area contributed by atoms with Crippen LogP contribution in [0.2, 0.25) is 0 Å². The quantitative estimate of drug-likeness (QED) is 0.107. The highest BCUT2D eigenvalue weighted by Crippen LogP contribution is 2.08. The zero-order valence-corrected chi connectivity index (χ0v) is 22.5. The molecule has 0 spiro atoms. The van der Waals surface area contributed by atoms with E-state index in [2.05, 4.69) is 16.0 Å². The number of nitrogens with two attached hydrogens (primary N) is 3. The Morgan fingerprint density at radius 1 is 0.868 bits per heavy atom. The zero-order chi connectivity index (χ0) is 28.5. The third-order valence-corrected chi connectivity index (χ3v) is 6.40. The van der Waals surface area contributed by atoms with Gasteiger partial charge in [-0.2, -0.15) is 11.8 Å². The van der Waals surface area contributed by atoms with Gasteiger partial charge in [0.1, 0.15) is 18.1 Å². The summed E-state index contributed by atoms with van der Waals surface area (Å²) in [5.41, 5.74) is 17.2. The van der Waals surface area contributed by atoms with Gasteiger partial charge in [0.05, 0.1) is 6.04 Å². The van der Waals surface area contributed by atoms with Crippen LogP contribution in [0, 0.1) is 0 Å². The third kappa shape index (κ3) is 12.9. The maximum Gasteiger partial charge on any atom is 0.326 e. The van der Waals surface area contributed by atoms with Crippen LogP contribution in [-0.4, -0.2) is 77.4 Å². The molecule has 0 fully saturated rings. The fraction of sp³-hybridized carbons (Fsp3) is 0.560. The second-order valence-electron chi connectivity index (χ2n) is 8.89. The number of hydrogen-bond acceptors (Lipinski definition) is 8. The van der Waals surface area contributed by atoms with Gasteiger partial charge in [0, 0.05) is 12.8 Å². The van der Waals surface area contributed by atoms with E-state index in [1.807, 2.05) is 6.26 Å². The summed E-state index contributed by atoms with van der Waals surface area (Å²) in [6.07, 6.45) is 3.49. The van der Waals surface area contributed by atoms with Crippen molar-refractivity contribution < 1.29 is 29.1 Å². The molecule has 0 heterocycles. The van der Waals surface area contributed by atoms with Gasteiger partial charge >= 0.3 is 5.97 Å². The Bertz CT molecular complexity index is 919. The summed E-state index contributed by atoms with van der Waals surface area (Å²) >= 11 is 1.47. The minimum Gasteiger partial charge on any atom is -0.480 e. The van der Waals surface area contributed by atoms with Gasteiger partial charge in [-0.15, -0.1) is 0 Å². The second kappa shape index (κ2) is 18.2. The molecule has 12 nitrogen and oxygen atoms in total. The van der Waals surface area contributed by atoms with Crippen LogP contribution in [0.15, 0.2) is 30.3 Å². The lowest BCUT2D eigenvalue weighted by atomic mass is 10.0. The molecule has 0 saturated heterocycles. The van der Waals surface area contributed by atoms with Crippen molar-refractivity contribution in [3.8, 4) is 0 Å². The van der Waals surface area contributed by atoms with Gasteiger partial charge < -0.3 is 38.3 Å². The number of aliphatic carboxylic acids is 1. The third-order valence-electron chi connectivity index (χ3n) is 5.76. The molecule has 0 radical (unpaired) electrons. The molecule has 0 aliphatic rings. The maximum absolute atomic E-state index is 13.2. The Hall–Kier alpha value is -3.16. The van der Waals surface area contributed by atoms with Crippen molar-refractivity contribution in [2.45, 2.75) is 69.1 Å². The molecule has 13 heteroatoms. The first-order chi connectivity index (χ1) is 18.1. The van der Waals surface area contributed by atoms with E-state index in [1.165, 1.54) is 11.8 Å². The molecule has 1 aromatic rings. The van der Waals surface area contributed by atoms with Gasteiger partial charge in [0.2, 0.25) is 23.6 Å². The van der Waals surface area contributed by atoms with Gasteiger partial charge in [-0.1, -0.05) is 30.3 Å². The average molecular weight is 553 g/mol. The number of nitrogens with one attached hydrogen (secondary N) is 3. The van der Waals surface area contributed by atoms with E-state index in [-0.39, 0.29) is 32.1 Å². The van der Waals surface area contributed by atoms with E-state index < -0.39 is 53.8 Å². The predicted molar refractivity (Wildman–Crippen MR) is 146 cm³/mol. The first kappa shape index (κ1) is 32.9. The van der Waals surface area contributed by atoms with E-state index in [1.54, 1.807) is 30.3 Å². The fourth-order valence-corrected chi connectivity index (χ4v) is 4.04. The molecule has 212 valence electrons. The van der Waals surface area contributed by atoms with Crippen molar-refractivity contribution in [2.75, 3.05) is 18.6 Å². The molecule has 0 aromatic heterocycles. The molecule has 0 saturated carbocycles. The van der Waals surface area contributed by atoms with Crippen molar-refractivity contribution in [1.29, 1.82) is 0 Å². The van der Waals surface area contributed by atoms with Crippen molar-refractivity contribution in [2.24, 2.45) is 17.2 Å². The second-order valence-corrected chi connectivity index (χ2v) is 9.87. The first-order valence-electron chi connectivity index (χ1n) is 12.5. The number of carboxylic acids is 1. The summed E-state index contributed by atoms with van der Waals surface area (Å²) in [6, 6.07) is 4.61. The molecule has 38 heavy (non-hydrogen) atoms. The van der Waals surface area contributed by atoms with Crippen molar-refractivity contribution in [1.82, 2.24) is 16.0 Å². The van der Waals surface area contributed by atoms with Crippen LogP contribution in [0.3, 0.4) is 0 Å². The van der Waals surface area contributed by atoms with Crippen LogP contribution >= 0.6 is 11.8 Å². The summed E-state index contributed by atoms with van der Waals surface area (Å²) in [5, 5.41) is 17.4. The first-order valence-corrected chi connectivity index (χ1v) is 13.9. The molecule has 0 aliphatic carbocycles. The number of amides is 4. The van der Waals surface area contributed by atoms with Gasteiger partial charge in [0.15, 0.2) is 0 Å². The lowest BCUT2D eigenvalue weighted by Gasteiger charge is -2.25. The molecule has 4 amide bonds. The summed E-state index contributed by atoms with van der Waals surface area (Å²) in [5.74, 6) is -3.13. The minimum absolute atomic E-state index is 0.0279. The molecular weight excluding hydrogens is 512 g/mol. The standard InChI is InChI=1S/C25H40N6O6S/c1-38-14-12-19(29-22(33)17(27)10-11-21(28)32)24(35)30-18(9-5-6-13-26)23(34)31-20(25(36)37)15-16-7-3-2-4-8-16/h2-4,7-8,17-20H,5-6,9-15,26-27H2,1H3,(H2,28,32)(H,29,33)(H,30,35)(H,31,34)(H,36,37). The highest BCUT2D eigenvalue weighted by Gasteiger charge is 2.30. The summed E-state index contributed by atoms with van der Waals surface area (Å²) in [6.45, 7) is 0.393. The van der Waals surface area contributed by atoms with Crippen LogP contribution in [-0.2, 0) is 30.4 Å². The summed E-state index contributed by atoms with van der Waals surface area (Å²) in [7, 11) is 0. The molecule has 1 rings (SSSR count). The van der Waals surface area contributed by atoms with Crippen LogP contribution in [0.25, 0.3) is 0 Å². The topological polar surface area (TPSA) is 220 Å². The van der Waals surface area contributed by atoms with E-state index in [0.29, 0.717) is 25.1 Å². The lowest BCUT2D eigenvalue weighted by molar-refractivity contribution is -0.142. The normalized spacial score (nSPS) is 14.0. The lowest BCUT2D eigenvalue weighted by Crippen LogP contribution is -2.57. The van der Waals surface area contributed by atoms with Gasteiger partial charge in [-0.25, -0.2) is 4.79 Å². The summed E-state index contributed by atoms with van der Waals surface area (Å²) in [4.78, 5) is 61.6. The molecule has 10 N–H and O–H groups in total. The van der Waals surface area contributed by atoms with Crippen LogP contribution in [0.1, 0.15) is 44.1 Å². The van der Waals surface area contributed by atoms with Gasteiger partial charge in [-0.05, 0) is 56.2 Å². The van der Waals surface area contributed by atoms with E-state index in [0.717, 1.165) is 5.56 Å². The number of hydrogen-bond donors (Lipinski definition) is 7. The zero-order valence-electron chi connectivity index (χ0n) is 21.7. The largest absolute Gasteiger partial charge is 0.480 e. The number of unbranched alkanes of at least 4 members (excludes halogenated alkanes) is 1. The fourth-order valence-electron chi connectivity index (χ4n) is 3.57. The molecule has 4 atom stereocenters. The van der Waals surface area contributed by atoms with Gasteiger partial charge in [-0.3, -0.25) is 19.2 Å². The Morgan fingerprint density at radius 2 is 1.45 bits per heavy atom. The number of carbonyl (C=O) groups excluding carboxylic acids is 4. The minimum atomic E-state index is -1.20. The Labute approximate surface area is 227 Å². The molecular formula is C25H40N6O6S. The average Bonchev–Trinajstić information content (AvgIpc) is 2.88. The molecule has 4 unspecified atom stereocenters.